The van der Waals surface area contributed by atoms with Gasteiger partial charge >= 0.3 is 23.9 Å². The van der Waals surface area contributed by atoms with Crippen molar-refractivity contribution in [3.05, 3.63) is 0 Å². The van der Waals surface area contributed by atoms with Gasteiger partial charge in [0.05, 0.1) is 0 Å². The van der Waals surface area contributed by atoms with Gasteiger partial charge in [-0.05, 0) is 12.8 Å². The van der Waals surface area contributed by atoms with E-state index in [1.165, 1.54) is 103 Å². The molecule has 8 nitrogen and oxygen atoms in total. The van der Waals surface area contributed by atoms with Crippen LogP contribution in [0.1, 0.15) is 181 Å². The fourth-order valence-corrected chi connectivity index (χ4v) is 5.11. The Morgan fingerprint density at radius 3 is 0.833 bits per heavy atom. The molecule has 0 amide bonds. The number of carbonyl (C=O) groups excluding carboxylic acids is 2. The average Bonchev–Trinajstić information content (AvgIpc) is 2.95. The zero-order valence-electron chi connectivity index (χ0n) is 26.9. The zero-order chi connectivity index (χ0) is 31.3. The van der Waals surface area contributed by atoms with Crippen molar-refractivity contribution in [3.8, 4) is 0 Å². The summed E-state index contributed by atoms with van der Waals surface area (Å²) in [6, 6.07) is 0. The molecule has 0 saturated heterocycles. The first-order chi connectivity index (χ1) is 20.3. The Morgan fingerprint density at radius 2 is 0.619 bits per heavy atom. The lowest BCUT2D eigenvalue weighted by Crippen LogP contribution is -2.45. The van der Waals surface area contributed by atoms with E-state index in [0.29, 0.717) is 12.8 Å². The second-order valence-corrected chi connectivity index (χ2v) is 11.8. The topological polar surface area (TPSA) is 127 Å². The summed E-state index contributed by atoms with van der Waals surface area (Å²) in [5, 5.41) is 19.0. The molecule has 0 aliphatic carbocycles. The summed E-state index contributed by atoms with van der Waals surface area (Å²) in [5.74, 6) is -4.89. The highest BCUT2D eigenvalue weighted by atomic mass is 16.6. The predicted octanol–water partition coefficient (Wildman–Crippen LogP) is 9.16. The monoisotopic (exact) mass is 598 g/mol. The van der Waals surface area contributed by atoms with E-state index in [0.717, 1.165) is 38.5 Å². The minimum atomic E-state index is -2.07. The lowest BCUT2D eigenvalue weighted by Gasteiger charge is -2.21. The normalized spacial score (nSPS) is 12.5. The fourth-order valence-electron chi connectivity index (χ4n) is 5.11. The molecule has 0 rings (SSSR count). The molecule has 246 valence electrons. The van der Waals surface area contributed by atoms with Gasteiger partial charge in [0.2, 0.25) is 12.2 Å². The number of carboxylic acid groups (broad SMARTS) is 2. The van der Waals surface area contributed by atoms with Crippen LogP contribution in [-0.2, 0) is 28.7 Å². The van der Waals surface area contributed by atoms with Gasteiger partial charge in [0.25, 0.3) is 0 Å². The second kappa shape index (κ2) is 29.0. The molecule has 0 bridgehead atoms. The summed E-state index contributed by atoms with van der Waals surface area (Å²) in [5.41, 5.74) is 0. The average molecular weight is 599 g/mol. The van der Waals surface area contributed by atoms with E-state index in [9.17, 15) is 29.4 Å². The molecule has 0 aliphatic heterocycles. The van der Waals surface area contributed by atoms with Gasteiger partial charge in [-0.25, -0.2) is 9.59 Å². The number of hydrogen-bond acceptors (Lipinski definition) is 6. The third-order valence-electron chi connectivity index (χ3n) is 7.75. The summed E-state index contributed by atoms with van der Waals surface area (Å²) in [6.45, 7) is 4.44. The quantitative estimate of drug-likeness (QED) is 0.0597. The Hall–Kier alpha value is -2.12. The van der Waals surface area contributed by atoms with E-state index in [1.54, 1.807) is 0 Å². The molecular weight excluding hydrogens is 536 g/mol. The van der Waals surface area contributed by atoms with Crippen molar-refractivity contribution in [1.82, 2.24) is 0 Å². The number of ether oxygens (including phenoxy) is 2. The van der Waals surface area contributed by atoms with Crippen molar-refractivity contribution >= 4 is 23.9 Å². The van der Waals surface area contributed by atoms with E-state index >= 15 is 0 Å². The standard InChI is InChI=1S/C34H62O8/c1-3-5-7-9-11-13-15-17-19-21-23-25-27-29(35)41-31(33(37)38)32(34(39)40)42-30(36)28-26-24-22-20-18-16-14-12-10-8-6-4-2/h31-32H,3-28H2,1-2H3,(H,37,38)(H,39,40). The molecule has 0 heterocycles. The first-order valence-electron chi connectivity index (χ1n) is 17.2. The number of rotatable bonds is 31. The molecule has 2 N–H and O–H groups in total. The van der Waals surface area contributed by atoms with Crippen LogP contribution in [0.5, 0.6) is 0 Å². The van der Waals surface area contributed by atoms with Gasteiger partial charge in [-0.1, -0.05) is 155 Å². The molecule has 42 heavy (non-hydrogen) atoms. The molecule has 0 aliphatic rings. The summed E-state index contributed by atoms with van der Waals surface area (Å²) < 4.78 is 9.91. The van der Waals surface area contributed by atoms with Crippen LogP contribution in [0.3, 0.4) is 0 Å². The van der Waals surface area contributed by atoms with Crippen molar-refractivity contribution in [2.75, 3.05) is 0 Å². The molecule has 8 heteroatoms. The van der Waals surface area contributed by atoms with E-state index in [1.807, 2.05) is 0 Å². The molecular formula is C34H62O8. The van der Waals surface area contributed by atoms with Crippen LogP contribution in [0.4, 0.5) is 0 Å². The van der Waals surface area contributed by atoms with Crippen LogP contribution in [-0.4, -0.2) is 46.3 Å². The SMILES string of the molecule is CCCCCCCCCCCCCCC(=O)OC(C(=O)O)C(OC(=O)CCCCCCCCCCCCCC)C(=O)O. The summed E-state index contributed by atoms with van der Waals surface area (Å²) >= 11 is 0. The number of aliphatic carboxylic acids is 2. The van der Waals surface area contributed by atoms with Crippen molar-refractivity contribution in [2.45, 2.75) is 193 Å². The summed E-state index contributed by atoms with van der Waals surface area (Å²) in [4.78, 5) is 47.8. The fraction of sp³-hybridized carbons (Fsp3) is 0.882. The van der Waals surface area contributed by atoms with Crippen LogP contribution >= 0.6 is 0 Å². The Morgan fingerprint density at radius 1 is 0.405 bits per heavy atom. The van der Waals surface area contributed by atoms with Crippen molar-refractivity contribution in [3.63, 3.8) is 0 Å². The Bertz CT molecular complexity index is 635. The van der Waals surface area contributed by atoms with Gasteiger partial charge in [0.1, 0.15) is 0 Å². The maximum atomic E-state index is 12.2. The predicted molar refractivity (Wildman–Crippen MR) is 166 cm³/mol. The molecule has 0 spiro atoms. The number of carboxylic acids is 2. The largest absolute Gasteiger partial charge is 0.478 e. The van der Waals surface area contributed by atoms with Crippen molar-refractivity contribution in [1.29, 1.82) is 0 Å². The van der Waals surface area contributed by atoms with E-state index in [2.05, 4.69) is 13.8 Å². The summed E-state index contributed by atoms with van der Waals surface area (Å²) in [6.07, 6.45) is 23.1. The maximum Gasteiger partial charge on any atom is 0.349 e. The van der Waals surface area contributed by atoms with Crippen molar-refractivity contribution < 1.29 is 38.9 Å². The molecule has 0 saturated carbocycles. The van der Waals surface area contributed by atoms with Gasteiger partial charge in [-0.15, -0.1) is 0 Å². The minimum absolute atomic E-state index is 0.000348. The van der Waals surface area contributed by atoms with E-state index < -0.39 is 36.1 Å². The zero-order valence-corrected chi connectivity index (χ0v) is 26.9. The number of hydrogen-bond donors (Lipinski definition) is 2. The Kier molecular flexibility index (Phi) is 27.5. The first-order valence-corrected chi connectivity index (χ1v) is 17.2. The molecule has 0 radical (unpaired) electrons. The van der Waals surface area contributed by atoms with Gasteiger partial charge < -0.3 is 19.7 Å². The molecule has 0 aromatic heterocycles. The second-order valence-electron chi connectivity index (χ2n) is 11.8. The van der Waals surface area contributed by atoms with Crippen LogP contribution in [0.25, 0.3) is 0 Å². The molecule has 2 atom stereocenters. The molecule has 0 fully saturated rings. The highest BCUT2D eigenvalue weighted by molar-refractivity contribution is 5.87. The third-order valence-corrected chi connectivity index (χ3v) is 7.75. The highest BCUT2D eigenvalue weighted by Crippen LogP contribution is 2.16. The lowest BCUT2D eigenvalue weighted by molar-refractivity contribution is -0.187. The first kappa shape index (κ1) is 39.9. The third kappa shape index (κ3) is 24.5. The van der Waals surface area contributed by atoms with Gasteiger partial charge in [-0.2, -0.15) is 0 Å². The number of carbonyl (C=O) groups is 4. The van der Waals surface area contributed by atoms with Crippen LogP contribution in [0.2, 0.25) is 0 Å². The van der Waals surface area contributed by atoms with Crippen LogP contribution in [0, 0.1) is 0 Å². The van der Waals surface area contributed by atoms with Crippen molar-refractivity contribution in [2.24, 2.45) is 0 Å². The lowest BCUT2D eigenvalue weighted by atomic mass is 10.0. The molecule has 0 aromatic carbocycles. The van der Waals surface area contributed by atoms with Gasteiger partial charge in [0, 0.05) is 12.8 Å². The molecule has 0 aromatic rings. The summed E-state index contributed by atoms with van der Waals surface area (Å²) in [7, 11) is 0. The Labute approximate surface area is 255 Å². The maximum absolute atomic E-state index is 12.2. The van der Waals surface area contributed by atoms with Crippen LogP contribution in [0.15, 0.2) is 0 Å². The highest BCUT2D eigenvalue weighted by Gasteiger charge is 2.40. The van der Waals surface area contributed by atoms with Gasteiger partial charge in [-0.3, -0.25) is 9.59 Å². The minimum Gasteiger partial charge on any atom is -0.478 e. The van der Waals surface area contributed by atoms with E-state index in [-0.39, 0.29) is 12.8 Å². The van der Waals surface area contributed by atoms with E-state index in [4.69, 9.17) is 9.47 Å². The smallest absolute Gasteiger partial charge is 0.349 e. The van der Waals surface area contributed by atoms with Crippen LogP contribution < -0.4 is 0 Å². The van der Waals surface area contributed by atoms with Gasteiger partial charge in [0.15, 0.2) is 0 Å². The number of unbranched alkanes of at least 4 members (excludes halogenated alkanes) is 22. The molecule has 2 unspecified atom stereocenters. The Balaban J connectivity index is 4.12. The number of esters is 2.